The van der Waals surface area contributed by atoms with Gasteiger partial charge in [-0.2, -0.15) is 13.2 Å². The first-order valence-corrected chi connectivity index (χ1v) is 5.27. The third-order valence-electron chi connectivity index (χ3n) is 1.24. The second-order valence-corrected chi connectivity index (χ2v) is 4.38. The summed E-state index contributed by atoms with van der Waals surface area (Å²) in [4.78, 5) is -0.142. The van der Waals surface area contributed by atoms with Crippen molar-refractivity contribution in [1.29, 1.82) is 0 Å². The first-order valence-electron chi connectivity index (χ1n) is 3.35. The smallest absolute Gasteiger partial charge is 0.302 e. The molecule has 1 unspecified atom stereocenters. The average molecular weight is 242 g/mol. The highest BCUT2D eigenvalue weighted by molar-refractivity contribution is 8.00. The van der Waals surface area contributed by atoms with E-state index in [1.54, 1.807) is 0 Å². The molecule has 7 heteroatoms. The summed E-state index contributed by atoms with van der Waals surface area (Å²) in [5.41, 5.74) is -4.38. The molecule has 0 aliphatic rings. The van der Waals surface area contributed by atoms with Gasteiger partial charge in [0.05, 0.1) is 4.90 Å². The number of halogens is 3. The zero-order valence-corrected chi connectivity index (χ0v) is 8.25. The fraction of sp³-hybridized carbons (Fsp3) is 0.143. The Morgan fingerprint density at radius 2 is 2.00 bits per heavy atom. The largest absolute Gasteiger partial charge is 0.446 e. The molecular formula is C7H5F3O2S2. The van der Waals surface area contributed by atoms with Gasteiger partial charge >= 0.3 is 5.51 Å². The summed E-state index contributed by atoms with van der Waals surface area (Å²) in [6.45, 7) is 0. The molecule has 78 valence electrons. The SMILES string of the molecule is O=S(O)c1cccc(SC(F)(F)F)c1. The van der Waals surface area contributed by atoms with E-state index in [0.29, 0.717) is 0 Å². The maximum atomic E-state index is 11.9. The fourth-order valence-electron chi connectivity index (χ4n) is 0.780. The Hall–Kier alpha value is -0.530. The van der Waals surface area contributed by atoms with Crippen LogP contribution in [0.15, 0.2) is 34.1 Å². The van der Waals surface area contributed by atoms with Gasteiger partial charge in [0.25, 0.3) is 0 Å². The van der Waals surface area contributed by atoms with Crippen molar-refractivity contribution in [1.82, 2.24) is 0 Å². The molecule has 2 nitrogen and oxygen atoms in total. The molecule has 1 aromatic rings. The van der Waals surface area contributed by atoms with E-state index >= 15 is 0 Å². The van der Waals surface area contributed by atoms with Crippen molar-refractivity contribution >= 4 is 22.8 Å². The molecule has 0 bridgehead atoms. The van der Waals surface area contributed by atoms with Crippen LogP contribution in [0, 0.1) is 0 Å². The first kappa shape index (κ1) is 11.5. The first-order chi connectivity index (χ1) is 6.38. The Kier molecular flexibility index (Phi) is 3.57. The third kappa shape index (κ3) is 3.69. The number of alkyl halides is 3. The van der Waals surface area contributed by atoms with Gasteiger partial charge < -0.3 is 4.55 Å². The van der Waals surface area contributed by atoms with Crippen LogP contribution in [0.1, 0.15) is 0 Å². The topological polar surface area (TPSA) is 37.3 Å². The summed E-state index contributed by atoms with van der Waals surface area (Å²) < 4.78 is 54.9. The minimum Gasteiger partial charge on any atom is -0.302 e. The van der Waals surface area contributed by atoms with Crippen LogP contribution in [-0.4, -0.2) is 14.3 Å². The Morgan fingerprint density at radius 3 is 2.50 bits per heavy atom. The van der Waals surface area contributed by atoms with Crippen molar-refractivity contribution in [2.75, 3.05) is 0 Å². The number of benzene rings is 1. The molecule has 0 heterocycles. The zero-order valence-electron chi connectivity index (χ0n) is 6.62. The maximum Gasteiger partial charge on any atom is 0.446 e. The van der Waals surface area contributed by atoms with Gasteiger partial charge in [-0.25, -0.2) is 4.21 Å². The van der Waals surface area contributed by atoms with Gasteiger partial charge in [-0.15, -0.1) is 0 Å². The van der Waals surface area contributed by atoms with Crippen LogP contribution in [-0.2, 0) is 11.1 Å². The summed E-state index contributed by atoms with van der Waals surface area (Å²) in [5, 5.41) is 0. The van der Waals surface area contributed by atoms with E-state index in [-0.39, 0.29) is 21.6 Å². The highest BCUT2D eigenvalue weighted by atomic mass is 32.2. The quantitative estimate of drug-likeness (QED) is 0.640. The molecule has 1 rings (SSSR count). The standard InChI is InChI=1S/C7H5F3O2S2/c8-7(9,10)13-5-2-1-3-6(4-5)14(11)12/h1-4H,(H,11,12). The van der Waals surface area contributed by atoms with Crippen molar-refractivity contribution < 1.29 is 21.9 Å². The van der Waals surface area contributed by atoms with Gasteiger partial charge in [0.2, 0.25) is 0 Å². The lowest BCUT2D eigenvalue weighted by atomic mass is 10.4. The molecule has 0 radical (unpaired) electrons. The van der Waals surface area contributed by atoms with Crippen LogP contribution < -0.4 is 0 Å². The molecular weight excluding hydrogens is 237 g/mol. The van der Waals surface area contributed by atoms with E-state index in [0.717, 1.165) is 6.07 Å². The number of hydrogen-bond acceptors (Lipinski definition) is 2. The Balaban J connectivity index is 2.89. The number of thioether (sulfide) groups is 1. The predicted molar refractivity (Wildman–Crippen MR) is 47.4 cm³/mol. The zero-order chi connectivity index (χ0) is 10.8. The Bertz CT molecular complexity index is 351. The lowest BCUT2D eigenvalue weighted by Gasteiger charge is -2.05. The molecule has 14 heavy (non-hydrogen) atoms. The summed E-state index contributed by atoms with van der Waals surface area (Å²) in [6.07, 6.45) is 0. The maximum absolute atomic E-state index is 11.9. The second-order valence-electron chi connectivity index (χ2n) is 2.27. The van der Waals surface area contributed by atoms with Crippen molar-refractivity contribution in [3.8, 4) is 0 Å². The van der Waals surface area contributed by atoms with Crippen LogP contribution in [0.4, 0.5) is 13.2 Å². The molecule has 0 saturated heterocycles. The van der Waals surface area contributed by atoms with Crippen molar-refractivity contribution in [3.05, 3.63) is 24.3 Å². The summed E-state index contributed by atoms with van der Waals surface area (Å²) in [7, 11) is 0. The lowest BCUT2D eigenvalue weighted by Crippen LogP contribution is -1.99. The third-order valence-corrected chi connectivity index (χ3v) is 2.62. The minimum absolute atomic E-state index is 0.0424. The van der Waals surface area contributed by atoms with E-state index in [4.69, 9.17) is 4.55 Å². The molecule has 0 spiro atoms. The minimum atomic E-state index is -4.38. The molecule has 0 aromatic heterocycles. The van der Waals surface area contributed by atoms with Crippen LogP contribution >= 0.6 is 11.8 Å². The summed E-state index contributed by atoms with van der Waals surface area (Å²) >= 11 is -2.56. The van der Waals surface area contributed by atoms with E-state index in [1.165, 1.54) is 18.2 Å². The molecule has 1 atom stereocenters. The van der Waals surface area contributed by atoms with Crippen LogP contribution in [0.2, 0.25) is 0 Å². The van der Waals surface area contributed by atoms with Gasteiger partial charge in [0.15, 0.2) is 11.1 Å². The summed E-state index contributed by atoms with van der Waals surface area (Å²) in [6, 6.07) is 4.86. The van der Waals surface area contributed by atoms with Gasteiger partial charge in [0.1, 0.15) is 0 Å². The van der Waals surface area contributed by atoms with Crippen molar-refractivity contribution in [3.63, 3.8) is 0 Å². The lowest BCUT2D eigenvalue weighted by molar-refractivity contribution is -0.0328. The van der Waals surface area contributed by atoms with Gasteiger partial charge in [-0.3, -0.25) is 0 Å². The molecule has 0 amide bonds. The van der Waals surface area contributed by atoms with Crippen molar-refractivity contribution in [2.45, 2.75) is 15.3 Å². The van der Waals surface area contributed by atoms with Crippen molar-refractivity contribution in [2.24, 2.45) is 0 Å². The highest BCUT2D eigenvalue weighted by Gasteiger charge is 2.29. The summed E-state index contributed by atoms with van der Waals surface area (Å²) in [5.74, 6) is 0. The molecule has 1 aromatic carbocycles. The number of hydrogen-bond donors (Lipinski definition) is 1. The second kappa shape index (κ2) is 4.33. The average Bonchev–Trinajstić information content (AvgIpc) is 2.01. The van der Waals surface area contributed by atoms with E-state index in [9.17, 15) is 17.4 Å². The van der Waals surface area contributed by atoms with E-state index in [2.05, 4.69) is 0 Å². The fourth-order valence-corrected chi connectivity index (χ4v) is 1.88. The number of rotatable bonds is 2. The van der Waals surface area contributed by atoms with Gasteiger partial charge in [-0.05, 0) is 30.0 Å². The molecule has 0 saturated carbocycles. The van der Waals surface area contributed by atoms with E-state index in [1.807, 2.05) is 0 Å². The monoisotopic (exact) mass is 242 g/mol. The molecule has 0 aliphatic carbocycles. The van der Waals surface area contributed by atoms with Crippen LogP contribution in [0.3, 0.4) is 0 Å². The van der Waals surface area contributed by atoms with Gasteiger partial charge in [-0.1, -0.05) is 6.07 Å². The van der Waals surface area contributed by atoms with E-state index < -0.39 is 16.6 Å². The van der Waals surface area contributed by atoms with Crippen LogP contribution in [0.25, 0.3) is 0 Å². The predicted octanol–water partition coefficient (Wildman–Crippen LogP) is 2.88. The molecule has 0 fully saturated rings. The van der Waals surface area contributed by atoms with Gasteiger partial charge in [0, 0.05) is 4.90 Å². The molecule has 1 N–H and O–H groups in total. The normalized spacial score (nSPS) is 14.0. The Morgan fingerprint density at radius 1 is 1.36 bits per heavy atom. The van der Waals surface area contributed by atoms with Crippen LogP contribution in [0.5, 0.6) is 0 Å². The molecule has 0 aliphatic heterocycles. The Labute approximate surface area is 84.8 Å². The highest BCUT2D eigenvalue weighted by Crippen LogP contribution is 2.37.